The molecule has 5 heteroatoms. The molecule has 1 unspecified atom stereocenters. The summed E-state index contributed by atoms with van der Waals surface area (Å²) in [4.78, 5) is 4.46. The van der Waals surface area contributed by atoms with E-state index in [-0.39, 0.29) is 5.82 Å². The molecule has 0 aromatic heterocycles. The van der Waals surface area contributed by atoms with Gasteiger partial charge in [0.05, 0.1) is 12.6 Å². The molecule has 0 aliphatic carbocycles. The maximum atomic E-state index is 13.2. The van der Waals surface area contributed by atoms with Crippen LogP contribution in [0.25, 0.3) is 0 Å². The average molecular weight is 357 g/mol. The minimum absolute atomic E-state index is 0.207. The molecule has 1 atom stereocenters. The van der Waals surface area contributed by atoms with E-state index in [2.05, 4.69) is 15.6 Å². The van der Waals surface area contributed by atoms with E-state index in [4.69, 9.17) is 0 Å². The largest absolute Gasteiger partial charge is 0.391 e. The minimum Gasteiger partial charge on any atom is -0.391 e. The summed E-state index contributed by atoms with van der Waals surface area (Å²) >= 11 is 0. The third-order valence-electron chi connectivity index (χ3n) is 4.11. The maximum Gasteiger partial charge on any atom is 0.191 e. The normalized spacial score (nSPS) is 12.7. The maximum absolute atomic E-state index is 13.2. The number of hydrogen-bond donors (Lipinski definition) is 3. The van der Waals surface area contributed by atoms with Crippen LogP contribution in [0.1, 0.15) is 23.6 Å². The van der Waals surface area contributed by atoms with Gasteiger partial charge in [0.1, 0.15) is 5.82 Å². The summed E-state index contributed by atoms with van der Waals surface area (Å²) in [7, 11) is 0. The van der Waals surface area contributed by atoms with Crippen LogP contribution < -0.4 is 10.6 Å². The highest BCUT2D eigenvalue weighted by Gasteiger charge is 2.06. The topological polar surface area (TPSA) is 56.7 Å². The molecule has 4 nitrogen and oxygen atoms in total. The van der Waals surface area contributed by atoms with E-state index in [1.807, 2.05) is 50.2 Å². The SMILES string of the molecule is CCNC(=NCC(O)Cc1ccccc1)NCCc1ccc(F)cc1C. The van der Waals surface area contributed by atoms with Crippen molar-refractivity contribution in [3.8, 4) is 0 Å². The van der Waals surface area contributed by atoms with Crippen molar-refractivity contribution < 1.29 is 9.50 Å². The van der Waals surface area contributed by atoms with Gasteiger partial charge in [0, 0.05) is 19.5 Å². The Morgan fingerprint density at radius 2 is 1.92 bits per heavy atom. The third-order valence-corrected chi connectivity index (χ3v) is 4.11. The second kappa shape index (κ2) is 10.6. The Hall–Kier alpha value is -2.40. The Labute approximate surface area is 155 Å². The van der Waals surface area contributed by atoms with Gasteiger partial charge in [0.25, 0.3) is 0 Å². The van der Waals surface area contributed by atoms with Crippen LogP contribution in [-0.4, -0.2) is 36.8 Å². The lowest BCUT2D eigenvalue weighted by Gasteiger charge is -2.14. The van der Waals surface area contributed by atoms with Crippen molar-refractivity contribution in [3.63, 3.8) is 0 Å². The number of rotatable bonds is 8. The predicted octanol–water partition coefficient (Wildman–Crippen LogP) is 2.84. The fourth-order valence-electron chi connectivity index (χ4n) is 2.74. The van der Waals surface area contributed by atoms with Gasteiger partial charge >= 0.3 is 0 Å². The van der Waals surface area contributed by atoms with Gasteiger partial charge in [-0.3, -0.25) is 4.99 Å². The standard InChI is InChI=1S/C21H28FN3O/c1-3-23-21(24-12-11-18-9-10-19(22)13-16(18)2)25-15-20(26)14-17-7-5-4-6-8-17/h4-10,13,20,26H,3,11-12,14-15H2,1-2H3,(H2,23,24,25). The van der Waals surface area contributed by atoms with Crippen LogP contribution in [0.15, 0.2) is 53.5 Å². The molecule has 0 spiro atoms. The predicted molar refractivity (Wildman–Crippen MR) is 105 cm³/mol. The van der Waals surface area contributed by atoms with Crippen LogP contribution in [0.4, 0.5) is 4.39 Å². The molecule has 0 radical (unpaired) electrons. The molecule has 0 saturated heterocycles. The van der Waals surface area contributed by atoms with Crippen LogP contribution >= 0.6 is 0 Å². The first-order valence-corrected chi connectivity index (χ1v) is 9.07. The number of nitrogens with zero attached hydrogens (tertiary/aromatic N) is 1. The number of aliphatic hydroxyl groups is 1. The summed E-state index contributed by atoms with van der Waals surface area (Å²) < 4.78 is 13.2. The van der Waals surface area contributed by atoms with E-state index >= 15 is 0 Å². The van der Waals surface area contributed by atoms with Crippen molar-refractivity contribution in [3.05, 3.63) is 71.0 Å². The van der Waals surface area contributed by atoms with E-state index in [1.165, 1.54) is 6.07 Å². The summed E-state index contributed by atoms with van der Waals surface area (Å²) in [5, 5.41) is 16.6. The lowest BCUT2D eigenvalue weighted by Crippen LogP contribution is -2.39. The van der Waals surface area contributed by atoms with Crippen molar-refractivity contribution in [2.45, 2.75) is 32.8 Å². The molecule has 3 N–H and O–H groups in total. The Morgan fingerprint density at radius 3 is 2.62 bits per heavy atom. The Bertz CT molecular complexity index is 704. The summed E-state index contributed by atoms with van der Waals surface area (Å²) in [6.45, 7) is 5.68. The monoisotopic (exact) mass is 357 g/mol. The summed E-state index contributed by atoms with van der Waals surface area (Å²) in [6.07, 6.45) is 0.842. The second-order valence-corrected chi connectivity index (χ2v) is 6.31. The van der Waals surface area contributed by atoms with Gasteiger partial charge in [-0.15, -0.1) is 0 Å². The molecule has 2 rings (SSSR count). The molecule has 0 amide bonds. The number of aryl methyl sites for hydroxylation is 1. The highest BCUT2D eigenvalue weighted by atomic mass is 19.1. The van der Waals surface area contributed by atoms with Crippen LogP contribution in [0.2, 0.25) is 0 Å². The minimum atomic E-state index is -0.521. The molecule has 0 fully saturated rings. The zero-order valence-corrected chi connectivity index (χ0v) is 15.5. The van der Waals surface area contributed by atoms with Gasteiger partial charge in [0.15, 0.2) is 5.96 Å². The number of nitrogens with one attached hydrogen (secondary N) is 2. The fraction of sp³-hybridized carbons (Fsp3) is 0.381. The van der Waals surface area contributed by atoms with Gasteiger partial charge in [0.2, 0.25) is 0 Å². The molecule has 0 bridgehead atoms. The van der Waals surface area contributed by atoms with E-state index in [0.717, 1.165) is 29.7 Å². The van der Waals surface area contributed by atoms with Gasteiger partial charge in [-0.05, 0) is 49.1 Å². The molecule has 2 aromatic rings. The van der Waals surface area contributed by atoms with Crippen LogP contribution in [0.5, 0.6) is 0 Å². The molecule has 0 aliphatic heterocycles. The highest BCUT2D eigenvalue weighted by Crippen LogP contribution is 2.10. The summed E-state index contributed by atoms with van der Waals surface area (Å²) in [5.74, 6) is 0.473. The lowest BCUT2D eigenvalue weighted by atomic mass is 10.1. The highest BCUT2D eigenvalue weighted by molar-refractivity contribution is 5.79. The quantitative estimate of drug-likeness (QED) is 0.503. The molecule has 0 aliphatic rings. The molecule has 26 heavy (non-hydrogen) atoms. The molecular formula is C21H28FN3O. The number of hydrogen-bond acceptors (Lipinski definition) is 2. The zero-order chi connectivity index (χ0) is 18.8. The van der Waals surface area contributed by atoms with Gasteiger partial charge in [-0.1, -0.05) is 36.4 Å². The number of aliphatic imine (C=N–C) groups is 1. The number of guanidine groups is 1. The molecule has 0 saturated carbocycles. The third kappa shape index (κ3) is 6.84. The van der Waals surface area contributed by atoms with Crippen molar-refractivity contribution in [2.75, 3.05) is 19.6 Å². The van der Waals surface area contributed by atoms with Crippen LogP contribution in [0.3, 0.4) is 0 Å². The first-order valence-electron chi connectivity index (χ1n) is 9.07. The lowest BCUT2D eigenvalue weighted by molar-refractivity contribution is 0.183. The summed E-state index contributed by atoms with van der Waals surface area (Å²) in [5.41, 5.74) is 3.16. The van der Waals surface area contributed by atoms with Crippen molar-refractivity contribution in [1.29, 1.82) is 0 Å². The van der Waals surface area contributed by atoms with Crippen molar-refractivity contribution in [2.24, 2.45) is 4.99 Å². The summed E-state index contributed by atoms with van der Waals surface area (Å²) in [6, 6.07) is 14.8. The number of aliphatic hydroxyl groups excluding tert-OH is 1. The van der Waals surface area contributed by atoms with Crippen molar-refractivity contribution >= 4 is 5.96 Å². The van der Waals surface area contributed by atoms with Gasteiger partial charge in [-0.25, -0.2) is 4.39 Å². The first-order chi connectivity index (χ1) is 12.6. The van der Waals surface area contributed by atoms with Crippen LogP contribution in [0, 0.1) is 12.7 Å². The molecule has 0 heterocycles. The van der Waals surface area contributed by atoms with Crippen molar-refractivity contribution in [1.82, 2.24) is 10.6 Å². The average Bonchev–Trinajstić information content (AvgIpc) is 2.62. The number of benzene rings is 2. The Balaban J connectivity index is 1.83. The number of halogens is 1. The zero-order valence-electron chi connectivity index (χ0n) is 15.5. The van der Waals surface area contributed by atoms with E-state index in [0.29, 0.717) is 25.5 Å². The smallest absolute Gasteiger partial charge is 0.191 e. The van der Waals surface area contributed by atoms with E-state index < -0.39 is 6.10 Å². The fourth-order valence-corrected chi connectivity index (χ4v) is 2.74. The molecule has 140 valence electrons. The first kappa shape index (κ1) is 19.9. The van der Waals surface area contributed by atoms with Gasteiger partial charge < -0.3 is 15.7 Å². The van der Waals surface area contributed by atoms with Gasteiger partial charge in [-0.2, -0.15) is 0 Å². The molecular weight excluding hydrogens is 329 g/mol. The Kier molecular flexibility index (Phi) is 8.09. The molecule has 2 aromatic carbocycles. The second-order valence-electron chi connectivity index (χ2n) is 6.31. The van der Waals surface area contributed by atoms with Crippen LogP contribution in [-0.2, 0) is 12.8 Å². The Morgan fingerprint density at radius 1 is 1.15 bits per heavy atom. The van der Waals surface area contributed by atoms with E-state index in [1.54, 1.807) is 6.07 Å². The van der Waals surface area contributed by atoms with E-state index in [9.17, 15) is 9.50 Å².